The second-order valence-corrected chi connectivity index (χ2v) is 6.03. The summed E-state index contributed by atoms with van der Waals surface area (Å²) < 4.78 is 27.4. The summed E-state index contributed by atoms with van der Waals surface area (Å²) in [6.45, 7) is 0.411. The first-order valence-corrected chi connectivity index (χ1v) is 7.87. The van der Waals surface area contributed by atoms with Crippen LogP contribution in [0.4, 0.5) is 14.6 Å². The average molecular weight is 348 g/mol. The summed E-state index contributed by atoms with van der Waals surface area (Å²) in [5.74, 6) is -1.47. The van der Waals surface area contributed by atoms with Crippen molar-refractivity contribution < 1.29 is 18.7 Å². The lowest BCUT2D eigenvalue weighted by atomic mass is 10.1. The van der Waals surface area contributed by atoms with Crippen LogP contribution in [0.15, 0.2) is 36.8 Å². The molecule has 1 aliphatic rings. The molecule has 1 amide bonds. The largest absolute Gasteiger partial charge is 0.504 e. The van der Waals surface area contributed by atoms with E-state index in [1.807, 2.05) is 0 Å². The lowest BCUT2D eigenvalue weighted by Gasteiger charge is -2.29. The standard InChI is InChI=1S/C17H18F2N4O2/c1-22(17(25)13-3-2-4-14(19)16(13)24)9-12-7-11(18)8-23(12)15-5-6-20-10-21-15/h2-6,10-12,24H,7-9H2,1H3/t11-,12-/m0/s1. The predicted molar refractivity (Wildman–Crippen MR) is 87.7 cm³/mol. The van der Waals surface area contributed by atoms with Gasteiger partial charge < -0.3 is 14.9 Å². The van der Waals surface area contributed by atoms with E-state index in [2.05, 4.69) is 9.97 Å². The summed E-state index contributed by atoms with van der Waals surface area (Å²) in [5, 5.41) is 9.74. The number of carbonyl (C=O) groups is 1. The maximum absolute atomic E-state index is 13.9. The van der Waals surface area contributed by atoms with E-state index in [0.29, 0.717) is 5.82 Å². The SMILES string of the molecule is CN(C[C@@H]1C[C@H](F)CN1c1ccncn1)C(=O)c1cccc(F)c1O. The van der Waals surface area contributed by atoms with Crippen molar-refractivity contribution in [2.45, 2.75) is 18.6 Å². The van der Waals surface area contributed by atoms with Crippen molar-refractivity contribution in [3.8, 4) is 5.75 Å². The maximum atomic E-state index is 13.9. The molecule has 132 valence electrons. The quantitative estimate of drug-likeness (QED) is 0.915. The summed E-state index contributed by atoms with van der Waals surface area (Å²) in [6, 6.07) is 5.20. The molecule has 0 aliphatic carbocycles. The number of phenols is 1. The van der Waals surface area contributed by atoms with Crippen molar-refractivity contribution in [2.75, 3.05) is 25.0 Å². The van der Waals surface area contributed by atoms with Crippen molar-refractivity contribution in [1.29, 1.82) is 0 Å². The van der Waals surface area contributed by atoms with Gasteiger partial charge in [-0.1, -0.05) is 6.07 Å². The Hall–Kier alpha value is -2.77. The number of likely N-dealkylation sites (N-methyl/N-ethyl adjacent to an activating group) is 1. The number of anilines is 1. The number of aromatic nitrogens is 2. The summed E-state index contributed by atoms with van der Waals surface area (Å²) in [6.07, 6.45) is 2.20. The molecule has 0 radical (unpaired) electrons. The number of hydrogen-bond acceptors (Lipinski definition) is 5. The highest BCUT2D eigenvalue weighted by molar-refractivity contribution is 5.96. The highest BCUT2D eigenvalue weighted by atomic mass is 19.1. The van der Waals surface area contributed by atoms with E-state index in [0.717, 1.165) is 6.07 Å². The number of aromatic hydroxyl groups is 1. The van der Waals surface area contributed by atoms with Gasteiger partial charge in [0.05, 0.1) is 18.2 Å². The smallest absolute Gasteiger partial charge is 0.257 e. The Balaban J connectivity index is 1.76. The Morgan fingerprint density at radius 3 is 2.96 bits per heavy atom. The van der Waals surface area contributed by atoms with Crippen LogP contribution < -0.4 is 4.90 Å². The van der Waals surface area contributed by atoms with Gasteiger partial charge in [-0.15, -0.1) is 0 Å². The van der Waals surface area contributed by atoms with Gasteiger partial charge in [-0.2, -0.15) is 0 Å². The Labute approximate surface area is 143 Å². The van der Waals surface area contributed by atoms with E-state index >= 15 is 0 Å². The zero-order chi connectivity index (χ0) is 18.0. The molecule has 1 aliphatic heterocycles. The number of nitrogens with zero attached hydrogens (tertiary/aromatic N) is 4. The van der Waals surface area contributed by atoms with E-state index in [1.54, 1.807) is 17.2 Å². The Morgan fingerprint density at radius 2 is 2.24 bits per heavy atom. The average Bonchev–Trinajstić information content (AvgIpc) is 2.97. The number of phenolic OH excluding ortho intramolecular Hbond substituents is 1. The fourth-order valence-electron chi connectivity index (χ4n) is 3.06. The number of halogens is 2. The van der Waals surface area contributed by atoms with Crippen LogP contribution in [0.5, 0.6) is 5.75 Å². The minimum atomic E-state index is -1.02. The van der Waals surface area contributed by atoms with Crippen molar-refractivity contribution in [3.05, 3.63) is 48.2 Å². The van der Waals surface area contributed by atoms with E-state index in [4.69, 9.17) is 0 Å². The number of carbonyl (C=O) groups excluding carboxylic acids is 1. The molecule has 25 heavy (non-hydrogen) atoms. The summed E-state index contributed by atoms with van der Waals surface area (Å²) in [7, 11) is 1.54. The molecule has 2 aromatic rings. The zero-order valence-corrected chi connectivity index (χ0v) is 13.6. The molecular formula is C17H18F2N4O2. The highest BCUT2D eigenvalue weighted by Gasteiger charge is 2.34. The molecule has 0 spiro atoms. The second kappa shape index (κ2) is 7.00. The molecule has 6 nitrogen and oxygen atoms in total. The normalized spacial score (nSPS) is 19.9. The fourth-order valence-corrected chi connectivity index (χ4v) is 3.06. The number of para-hydroxylation sites is 1. The zero-order valence-electron chi connectivity index (χ0n) is 13.6. The van der Waals surface area contributed by atoms with E-state index < -0.39 is 23.6 Å². The van der Waals surface area contributed by atoms with Gasteiger partial charge in [-0.3, -0.25) is 4.79 Å². The third-order valence-corrected chi connectivity index (χ3v) is 4.27. The number of benzene rings is 1. The Morgan fingerprint density at radius 1 is 1.44 bits per heavy atom. The molecule has 3 rings (SSSR count). The van der Waals surface area contributed by atoms with E-state index in [9.17, 15) is 18.7 Å². The number of amides is 1. The first kappa shape index (κ1) is 17.1. The van der Waals surface area contributed by atoms with Crippen molar-refractivity contribution in [1.82, 2.24) is 14.9 Å². The molecular weight excluding hydrogens is 330 g/mol. The molecule has 0 saturated carbocycles. The maximum Gasteiger partial charge on any atom is 0.257 e. The predicted octanol–water partition coefficient (Wildman–Crippen LogP) is 2.01. The van der Waals surface area contributed by atoms with Gasteiger partial charge >= 0.3 is 0 Å². The van der Waals surface area contributed by atoms with Crippen molar-refractivity contribution in [3.63, 3.8) is 0 Å². The van der Waals surface area contributed by atoms with E-state index in [1.165, 1.54) is 30.4 Å². The van der Waals surface area contributed by atoms with Crippen LogP contribution in [0, 0.1) is 5.82 Å². The van der Waals surface area contributed by atoms with Crippen LogP contribution in [-0.2, 0) is 0 Å². The van der Waals surface area contributed by atoms with Gasteiger partial charge in [-0.05, 0) is 18.2 Å². The number of hydrogen-bond donors (Lipinski definition) is 1. The molecule has 0 unspecified atom stereocenters. The topological polar surface area (TPSA) is 69.6 Å². The van der Waals surface area contributed by atoms with Crippen LogP contribution in [0.25, 0.3) is 0 Å². The van der Waals surface area contributed by atoms with Gasteiger partial charge in [0.1, 0.15) is 18.3 Å². The van der Waals surface area contributed by atoms with Crippen molar-refractivity contribution >= 4 is 11.7 Å². The van der Waals surface area contributed by atoms with Gasteiger partial charge in [0.25, 0.3) is 5.91 Å². The van der Waals surface area contributed by atoms with Crippen LogP contribution in [0.2, 0.25) is 0 Å². The van der Waals surface area contributed by atoms with Crippen LogP contribution in [0.1, 0.15) is 16.8 Å². The van der Waals surface area contributed by atoms with Crippen LogP contribution in [0.3, 0.4) is 0 Å². The minimum Gasteiger partial charge on any atom is -0.504 e. The Kier molecular flexibility index (Phi) is 4.78. The van der Waals surface area contributed by atoms with Gasteiger partial charge in [0.2, 0.25) is 0 Å². The third-order valence-electron chi connectivity index (χ3n) is 4.27. The van der Waals surface area contributed by atoms with Crippen molar-refractivity contribution in [2.24, 2.45) is 0 Å². The summed E-state index contributed by atoms with van der Waals surface area (Å²) in [4.78, 5) is 23.6. The fraction of sp³-hybridized carbons (Fsp3) is 0.353. The monoisotopic (exact) mass is 348 g/mol. The molecule has 2 atom stereocenters. The highest BCUT2D eigenvalue weighted by Crippen LogP contribution is 2.27. The lowest BCUT2D eigenvalue weighted by molar-refractivity contribution is 0.0782. The molecule has 1 aromatic carbocycles. The molecule has 1 saturated heterocycles. The first-order valence-electron chi connectivity index (χ1n) is 7.87. The molecule has 1 N–H and O–H groups in total. The molecule has 8 heteroatoms. The minimum absolute atomic E-state index is 0.120. The van der Waals surface area contributed by atoms with Gasteiger partial charge in [0.15, 0.2) is 11.6 Å². The molecule has 1 fully saturated rings. The summed E-state index contributed by atoms with van der Waals surface area (Å²) in [5.41, 5.74) is -0.120. The van der Waals surface area contributed by atoms with Gasteiger partial charge in [-0.25, -0.2) is 18.7 Å². The van der Waals surface area contributed by atoms with Crippen LogP contribution in [-0.4, -0.2) is 58.2 Å². The molecule has 1 aromatic heterocycles. The molecule has 2 heterocycles. The first-order chi connectivity index (χ1) is 12.0. The van der Waals surface area contributed by atoms with E-state index in [-0.39, 0.29) is 31.1 Å². The lowest BCUT2D eigenvalue weighted by Crippen LogP contribution is -2.41. The third kappa shape index (κ3) is 3.52. The Bertz CT molecular complexity index is 760. The molecule has 0 bridgehead atoms. The summed E-state index contributed by atoms with van der Waals surface area (Å²) >= 11 is 0. The van der Waals surface area contributed by atoms with Gasteiger partial charge in [0, 0.05) is 26.2 Å². The van der Waals surface area contributed by atoms with Crippen LogP contribution >= 0.6 is 0 Å². The second-order valence-electron chi connectivity index (χ2n) is 6.03. The number of alkyl halides is 1. The number of rotatable bonds is 4.